The minimum absolute atomic E-state index is 0.318. The van der Waals surface area contributed by atoms with Gasteiger partial charge in [0.15, 0.2) is 0 Å². The molecule has 0 aliphatic heterocycles. The number of benzene rings is 11. The van der Waals surface area contributed by atoms with Crippen LogP contribution in [0.25, 0.3) is 154 Å². The molecule has 75 heavy (non-hydrogen) atoms. The van der Waals surface area contributed by atoms with Gasteiger partial charge < -0.3 is 9.13 Å². The van der Waals surface area contributed by atoms with E-state index in [0.717, 1.165) is 81.9 Å². The number of nitrogens with zero attached hydrogens (tertiary/aromatic N) is 4. The smallest absolute Gasteiger partial charge is 0.215 e. The summed E-state index contributed by atoms with van der Waals surface area (Å²) < 4.78 is 12.2. The first-order chi connectivity index (χ1) is 37.2. The summed E-state index contributed by atoms with van der Waals surface area (Å²) in [7, 11) is 0. The Bertz CT molecular complexity index is 5070. The second-order valence-corrected chi connectivity index (χ2v) is 22.4. The maximum Gasteiger partial charge on any atom is 0.215 e. The van der Waals surface area contributed by atoms with Crippen molar-refractivity contribution in [3.8, 4) is 50.8 Å². The highest BCUT2D eigenvalue weighted by Gasteiger charge is 2.34. The van der Waals surface area contributed by atoms with E-state index in [4.69, 9.17) is 0 Å². The zero-order chi connectivity index (χ0) is 49.5. The summed E-state index contributed by atoms with van der Waals surface area (Å²) in [5.74, 6) is 0. The Kier molecular flexibility index (Phi) is 9.05. The van der Waals surface area contributed by atoms with Crippen molar-refractivity contribution < 1.29 is 0 Å². The molecular formula is C68H36N4S3. The summed E-state index contributed by atoms with van der Waals surface area (Å²) in [6.07, 6.45) is 0. The molecule has 16 rings (SSSR count). The van der Waals surface area contributed by atoms with Crippen LogP contribution in [0.2, 0.25) is 0 Å². The van der Waals surface area contributed by atoms with Crippen molar-refractivity contribution in [2.24, 2.45) is 0 Å². The summed E-state index contributed by atoms with van der Waals surface area (Å²) in [5, 5.41) is 23.6. The molecule has 5 aromatic heterocycles. The summed E-state index contributed by atoms with van der Waals surface area (Å²) in [5.41, 5.74) is 11.9. The van der Waals surface area contributed by atoms with E-state index in [-0.39, 0.29) is 0 Å². The van der Waals surface area contributed by atoms with Crippen molar-refractivity contribution in [3.05, 3.63) is 235 Å². The van der Waals surface area contributed by atoms with Crippen LogP contribution >= 0.6 is 34.0 Å². The quantitative estimate of drug-likeness (QED) is 0.158. The van der Waals surface area contributed by atoms with Gasteiger partial charge >= 0.3 is 0 Å². The standard InChI is InChI=1S/C68H36N4S3/c1-70-60-53(38-69)58(40-19-7-3-8-20-40)64(72-62-48(32-35-51-45-24-12-15-27-56(45)74-67(51)62)49-33-36-52-46-25-13-16-28-57(46)75-68(52)63(49)72)65(59(60)41-21-9-4-10-22-41)71-54-37-42(39-17-5-2-6-18-39)29-30-43(54)47-31-34-50-44-23-11-14-26-55(44)73-66(50)61(47)71/h2-37H. The van der Waals surface area contributed by atoms with Gasteiger partial charge in [0, 0.05) is 79.1 Å². The molecule has 0 radical (unpaired) electrons. The average molecular weight is 1010 g/mol. The van der Waals surface area contributed by atoms with E-state index in [1.165, 1.54) is 55.8 Å². The summed E-state index contributed by atoms with van der Waals surface area (Å²) >= 11 is 5.46. The molecule has 16 aromatic rings. The van der Waals surface area contributed by atoms with Gasteiger partial charge in [-0.25, -0.2) is 4.85 Å². The highest BCUT2D eigenvalue weighted by Crippen LogP contribution is 2.56. The first-order valence-electron chi connectivity index (χ1n) is 24.9. The second kappa shape index (κ2) is 16.1. The second-order valence-electron chi connectivity index (χ2n) is 19.2. The molecule has 0 aliphatic carbocycles. The maximum atomic E-state index is 12.0. The number of nitriles is 1. The Labute approximate surface area is 441 Å². The molecule has 0 bridgehead atoms. The van der Waals surface area contributed by atoms with E-state index in [9.17, 15) is 11.8 Å². The number of fused-ring (bicyclic) bond motifs is 18. The van der Waals surface area contributed by atoms with Crippen LogP contribution in [0.15, 0.2) is 218 Å². The predicted molar refractivity (Wildman–Crippen MR) is 321 cm³/mol. The molecule has 0 fully saturated rings. The van der Waals surface area contributed by atoms with Crippen LogP contribution in [0.1, 0.15) is 5.56 Å². The van der Waals surface area contributed by atoms with E-state index in [0.29, 0.717) is 22.4 Å². The van der Waals surface area contributed by atoms with Crippen LogP contribution in [0, 0.1) is 17.9 Å². The van der Waals surface area contributed by atoms with Crippen molar-refractivity contribution in [3.63, 3.8) is 0 Å². The summed E-state index contributed by atoms with van der Waals surface area (Å²) in [6.45, 7) is 9.35. The monoisotopic (exact) mass is 1000 g/mol. The molecule has 0 spiro atoms. The van der Waals surface area contributed by atoms with Crippen LogP contribution in [-0.4, -0.2) is 9.13 Å². The van der Waals surface area contributed by atoms with Crippen molar-refractivity contribution in [2.45, 2.75) is 0 Å². The number of hydrogen-bond donors (Lipinski definition) is 0. The molecule has 5 heterocycles. The van der Waals surface area contributed by atoms with Gasteiger partial charge in [-0.1, -0.05) is 194 Å². The minimum atomic E-state index is 0.318. The predicted octanol–water partition coefficient (Wildman–Crippen LogP) is 20.4. The fraction of sp³-hybridized carbons (Fsp3) is 0. The lowest BCUT2D eigenvalue weighted by Gasteiger charge is -2.27. The van der Waals surface area contributed by atoms with Crippen LogP contribution in [-0.2, 0) is 0 Å². The number of hydrogen-bond acceptors (Lipinski definition) is 4. The number of thiophene rings is 3. The maximum absolute atomic E-state index is 12.0. The normalized spacial score (nSPS) is 12.0. The molecule has 0 aliphatic rings. The molecule has 0 saturated carbocycles. The lowest BCUT2D eigenvalue weighted by Crippen LogP contribution is -2.10. The Balaban J connectivity index is 1.25. The third-order valence-electron chi connectivity index (χ3n) is 15.4. The first-order valence-corrected chi connectivity index (χ1v) is 27.4. The molecule has 0 amide bonds. The molecule has 346 valence electrons. The topological polar surface area (TPSA) is 38.0 Å². The molecule has 4 nitrogen and oxygen atoms in total. The van der Waals surface area contributed by atoms with Crippen LogP contribution in [0.5, 0.6) is 0 Å². The van der Waals surface area contributed by atoms with Gasteiger partial charge in [0.2, 0.25) is 5.69 Å². The van der Waals surface area contributed by atoms with Crippen molar-refractivity contribution >= 4 is 144 Å². The van der Waals surface area contributed by atoms with E-state index >= 15 is 0 Å². The van der Waals surface area contributed by atoms with Crippen molar-refractivity contribution in [1.29, 1.82) is 5.26 Å². The van der Waals surface area contributed by atoms with Crippen LogP contribution in [0.3, 0.4) is 0 Å². The van der Waals surface area contributed by atoms with Gasteiger partial charge in [-0.05, 0) is 46.5 Å². The fourth-order valence-corrected chi connectivity index (χ4v) is 15.9. The van der Waals surface area contributed by atoms with Crippen LogP contribution < -0.4 is 0 Å². The van der Waals surface area contributed by atoms with Crippen molar-refractivity contribution in [2.75, 3.05) is 0 Å². The zero-order valence-electron chi connectivity index (χ0n) is 39.8. The van der Waals surface area contributed by atoms with E-state index in [1.807, 2.05) is 46.1 Å². The van der Waals surface area contributed by atoms with E-state index in [1.54, 1.807) is 0 Å². The third kappa shape index (κ3) is 5.89. The molecule has 0 unspecified atom stereocenters. The van der Waals surface area contributed by atoms with Crippen LogP contribution in [0.4, 0.5) is 5.69 Å². The highest BCUT2D eigenvalue weighted by atomic mass is 32.1. The van der Waals surface area contributed by atoms with Gasteiger partial charge in [0.1, 0.15) is 0 Å². The average Bonchev–Trinajstić information content (AvgIpc) is 4.34. The fourth-order valence-electron chi connectivity index (χ4n) is 12.2. The first kappa shape index (κ1) is 42.2. The third-order valence-corrected chi connectivity index (χ3v) is 19.0. The van der Waals surface area contributed by atoms with Gasteiger partial charge in [-0.15, -0.1) is 34.0 Å². The lowest BCUT2D eigenvalue weighted by atomic mass is 9.88. The van der Waals surface area contributed by atoms with E-state index in [2.05, 4.69) is 226 Å². The molecule has 0 N–H and O–H groups in total. The Morgan fingerprint density at radius 3 is 1.23 bits per heavy atom. The Hall–Kier alpha value is -9.34. The number of rotatable bonds is 5. The van der Waals surface area contributed by atoms with Gasteiger partial charge in [-0.2, -0.15) is 5.26 Å². The summed E-state index contributed by atoms with van der Waals surface area (Å²) in [6, 6.07) is 81.0. The molecular weight excluding hydrogens is 969 g/mol. The summed E-state index contributed by atoms with van der Waals surface area (Å²) in [4.78, 5) is 4.51. The van der Waals surface area contributed by atoms with Crippen molar-refractivity contribution in [1.82, 2.24) is 9.13 Å². The Morgan fingerprint density at radius 2 is 0.747 bits per heavy atom. The van der Waals surface area contributed by atoms with Gasteiger partial charge in [0.25, 0.3) is 0 Å². The van der Waals surface area contributed by atoms with E-state index < -0.39 is 0 Å². The SMILES string of the molecule is [C-]#[N+]c1c(C#N)c(-c2ccccc2)c(-n2c3c(ccc4c5ccccc5sc43)c3ccc4c5ccccc5sc4c32)c(-n2c3cc(-c4ccccc4)ccc3c3ccc4c5ccccc5sc4c32)c1-c1ccccc1. The zero-order valence-corrected chi connectivity index (χ0v) is 42.2. The highest BCUT2D eigenvalue weighted by molar-refractivity contribution is 7.27. The molecule has 0 atom stereocenters. The minimum Gasteiger partial charge on any atom is -0.306 e. The molecule has 11 aromatic carbocycles. The number of aromatic nitrogens is 2. The lowest BCUT2D eigenvalue weighted by molar-refractivity contribution is 1.11. The molecule has 0 saturated heterocycles. The largest absolute Gasteiger partial charge is 0.306 e. The molecule has 7 heteroatoms. The van der Waals surface area contributed by atoms with Gasteiger partial charge in [0.05, 0.1) is 65.7 Å². The Morgan fingerprint density at radius 1 is 0.360 bits per heavy atom. The van der Waals surface area contributed by atoms with Gasteiger partial charge in [-0.3, -0.25) is 0 Å².